The molecule has 0 N–H and O–H groups in total. The zero-order valence-corrected chi connectivity index (χ0v) is 33.3. The monoisotopic (exact) mass is 678 g/mol. The topological polar surface area (TPSA) is 6.48 Å². The van der Waals surface area contributed by atoms with E-state index in [9.17, 15) is 0 Å². The van der Waals surface area contributed by atoms with Gasteiger partial charge in [0.2, 0.25) is 0 Å². The van der Waals surface area contributed by atoms with Crippen LogP contribution in [0.1, 0.15) is 84.9 Å². The van der Waals surface area contributed by atoms with E-state index in [1.165, 1.54) is 44.9 Å². The van der Waals surface area contributed by atoms with E-state index in [4.69, 9.17) is 0 Å². The highest BCUT2D eigenvalue weighted by atomic mass is 28.3. The third-order valence-electron chi connectivity index (χ3n) is 12.3. The van der Waals surface area contributed by atoms with Gasteiger partial charge in [0.1, 0.15) is 8.24 Å². The van der Waals surface area contributed by atoms with Gasteiger partial charge in [-0.1, -0.05) is 119 Å². The number of para-hydroxylation sites is 2. The minimum absolute atomic E-state index is 0.0819. The highest BCUT2D eigenvalue weighted by Gasteiger charge is 2.59. The molecule has 0 aromatic heterocycles. The van der Waals surface area contributed by atoms with Crippen LogP contribution in [-0.4, -0.2) is 23.9 Å². The summed E-state index contributed by atoms with van der Waals surface area (Å²) in [6, 6.07) is 40.4. The first-order valence-corrected chi connectivity index (χ1v) is 21.9. The Morgan fingerprint density at radius 2 is 1.14 bits per heavy atom. The molecule has 5 atom stereocenters. The Kier molecular flexibility index (Phi) is 8.51. The predicted octanol–water partition coefficient (Wildman–Crippen LogP) is 12.9. The molecule has 4 aromatic carbocycles. The summed E-state index contributed by atoms with van der Waals surface area (Å²) in [6.07, 6.45) is 5.55. The highest BCUT2D eigenvalue weighted by Crippen LogP contribution is 2.65. The quantitative estimate of drug-likeness (QED) is 0.187. The summed E-state index contributed by atoms with van der Waals surface area (Å²) < 4.78 is 2.97. The van der Waals surface area contributed by atoms with E-state index < -0.39 is 8.24 Å². The van der Waals surface area contributed by atoms with Crippen LogP contribution < -0.4 is 4.90 Å². The van der Waals surface area contributed by atoms with E-state index >= 15 is 0 Å². The van der Waals surface area contributed by atoms with Gasteiger partial charge in [-0.05, 0) is 135 Å². The second-order valence-corrected chi connectivity index (χ2v) is 22.8. The van der Waals surface area contributed by atoms with Crippen LogP contribution >= 0.6 is 0 Å². The average molecular weight is 679 g/mol. The number of hydrogen-bond acceptors (Lipinski definition) is 2. The summed E-state index contributed by atoms with van der Waals surface area (Å²) in [4.78, 5) is 2.40. The minimum Gasteiger partial charge on any atom is -0.314 e. The van der Waals surface area contributed by atoms with Crippen LogP contribution in [0.2, 0.25) is 18.6 Å². The molecule has 1 fully saturated rings. The SMILES string of the molecule is CC1C(c2ccccc2)C2C=C3C(=CC2C1[Si](C)(C)N(C(C)(C)C)C(C)(C)C)c1ccc(N(c2ccccc2)c2ccccc2)cc1C3(C)C. The third-order valence-corrected chi connectivity index (χ3v) is 17.3. The van der Waals surface area contributed by atoms with Crippen molar-refractivity contribution in [1.82, 2.24) is 4.57 Å². The van der Waals surface area contributed by atoms with Crippen molar-refractivity contribution >= 4 is 30.9 Å². The zero-order chi connectivity index (χ0) is 35.8. The first kappa shape index (κ1) is 34.8. The van der Waals surface area contributed by atoms with E-state index in [1.807, 2.05) is 0 Å². The predicted molar refractivity (Wildman–Crippen MR) is 218 cm³/mol. The molecule has 0 radical (unpaired) electrons. The van der Waals surface area contributed by atoms with Gasteiger partial charge in [0.15, 0.2) is 0 Å². The van der Waals surface area contributed by atoms with E-state index in [0.29, 0.717) is 29.2 Å². The van der Waals surface area contributed by atoms with Gasteiger partial charge in [-0.15, -0.1) is 0 Å². The normalized spacial score (nSPS) is 24.3. The minimum atomic E-state index is -2.03. The Morgan fingerprint density at radius 3 is 1.66 bits per heavy atom. The molecule has 2 nitrogen and oxygen atoms in total. The third kappa shape index (κ3) is 5.66. The molecule has 260 valence electrons. The lowest BCUT2D eigenvalue weighted by Gasteiger charge is -2.57. The second kappa shape index (κ2) is 12.2. The molecule has 0 amide bonds. The Bertz CT molecular complexity index is 1850. The number of allylic oxidation sites excluding steroid dienone is 4. The van der Waals surface area contributed by atoms with Gasteiger partial charge in [-0.2, -0.15) is 0 Å². The van der Waals surface area contributed by atoms with Crippen molar-refractivity contribution in [3.63, 3.8) is 0 Å². The molecule has 0 heterocycles. The molecule has 0 spiro atoms. The van der Waals surface area contributed by atoms with Crippen LogP contribution in [0, 0.1) is 17.8 Å². The summed E-state index contributed by atoms with van der Waals surface area (Å²) >= 11 is 0. The number of benzene rings is 4. The van der Waals surface area contributed by atoms with Crippen molar-refractivity contribution in [3.05, 3.63) is 144 Å². The fourth-order valence-corrected chi connectivity index (χ4v) is 18.1. The van der Waals surface area contributed by atoms with Crippen LogP contribution in [0.3, 0.4) is 0 Å². The van der Waals surface area contributed by atoms with Crippen LogP contribution in [0.15, 0.2) is 127 Å². The molecule has 3 aliphatic rings. The lowest BCUT2D eigenvalue weighted by atomic mass is 9.73. The van der Waals surface area contributed by atoms with Crippen LogP contribution in [0.4, 0.5) is 17.1 Å². The summed E-state index contributed by atoms with van der Waals surface area (Å²) in [5.74, 6) is 2.04. The van der Waals surface area contributed by atoms with Crippen molar-refractivity contribution in [2.75, 3.05) is 4.90 Å². The second-order valence-electron chi connectivity index (χ2n) is 18.3. The molecule has 1 saturated carbocycles. The largest absolute Gasteiger partial charge is 0.314 e. The molecule has 0 aliphatic heterocycles. The van der Waals surface area contributed by atoms with Crippen molar-refractivity contribution in [2.24, 2.45) is 17.8 Å². The number of anilines is 3. The standard InChI is InChI=1S/C47H58N2Si/c1-32-43(33-21-15-12-16-22-33)39-31-42-38(30-40(39)44(32)50(10,11)49(45(2,3)4)46(5,6)7)37-28-27-36(29-41(37)47(42,8)9)48(34-23-17-13-18-24-34)35-25-19-14-20-26-35/h12-32,39-40,43-44H,1-11H3. The van der Waals surface area contributed by atoms with E-state index in [-0.39, 0.29) is 16.5 Å². The number of fused-ring (bicyclic) bond motifs is 4. The van der Waals surface area contributed by atoms with Gasteiger partial charge >= 0.3 is 0 Å². The summed E-state index contributed by atoms with van der Waals surface area (Å²) in [7, 11) is -2.03. The van der Waals surface area contributed by atoms with E-state index in [2.05, 4.69) is 206 Å². The smallest absolute Gasteiger partial charge is 0.127 e. The van der Waals surface area contributed by atoms with E-state index in [0.717, 1.165) is 0 Å². The lowest BCUT2D eigenvalue weighted by molar-refractivity contribution is 0.121. The van der Waals surface area contributed by atoms with Gasteiger partial charge in [0.25, 0.3) is 0 Å². The molecule has 0 saturated heterocycles. The Labute approximate surface area is 304 Å². The van der Waals surface area contributed by atoms with Crippen molar-refractivity contribution in [3.8, 4) is 0 Å². The summed E-state index contributed by atoms with van der Waals surface area (Å²) in [5.41, 5.74) is 11.6. The molecule has 0 bridgehead atoms. The Hall–Kier alpha value is -3.66. The fourth-order valence-electron chi connectivity index (χ4n) is 11.5. The molecule has 4 aromatic rings. The molecule has 7 rings (SSSR count). The molecule has 3 aliphatic carbocycles. The highest BCUT2D eigenvalue weighted by molar-refractivity contribution is 6.76. The van der Waals surface area contributed by atoms with Crippen molar-refractivity contribution in [1.29, 1.82) is 0 Å². The lowest BCUT2D eigenvalue weighted by Crippen LogP contribution is -2.67. The Morgan fingerprint density at radius 1 is 0.620 bits per heavy atom. The van der Waals surface area contributed by atoms with Crippen LogP contribution in [0.5, 0.6) is 0 Å². The number of nitrogens with zero attached hydrogens (tertiary/aromatic N) is 2. The Balaban J connectivity index is 1.39. The first-order chi connectivity index (χ1) is 23.5. The first-order valence-electron chi connectivity index (χ1n) is 18.9. The van der Waals surface area contributed by atoms with Gasteiger partial charge < -0.3 is 9.47 Å². The molecule has 50 heavy (non-hydrogen) atoms. The fraction of sp³-hybridized carbons (Fsp3) is 0.404. The van der Waals surface area contributed by atoms with Gasteiger partial charge in [0.05, 0.1) is 0 Å². The maximum absolute atomic E-state index is 2.97. The molecular formula is C47H58N2Si. The van der Waals surface area contributed by atoms with Crippen LogP contribution in [0.25, 0.3) is 5.57 Å². The molecule has 5 unspecified atom stereocenters. The maximum Gasteiger partial charge on any atom is 0.127 e. The van der Waals surface area contributed by atoms with Crippen LogP contribution in [-0.2, 0) is 5.41 Å². The van der Waals surface area contributed by atoms with Crippen molar-refractivity contribution in [2.45, 2.75) is 103 Å². The number of rotatable bonds is 6. The van der Waals surface area contributed by atoms with Gasteiger partial charge in [0, 0.05) is 33.6 Å². The van der Waals surface area contributed by atoms with Gasteiger partial charge in [-0.25, -0.2) is 0 Å². The summed E-state index contributed by atoms with van der Waals surface area (Å²) in [6.45, 7) is 27.6. The summed E-state index contributed by atoms with van der Waals surface area (Å²) in [5, 5.41) is 0. The molecule has 3 heteroatoms. The van der Waals surface area contributed by atoms with E-state index in [1.54, 1.807) is 0 Å². The van der Waals surface area contributed by atoms with Gasteiger partial charge in [-0.3, -0.25) is 0 Å². The van der Waals surface area contributed by atoms with Crippen molar-refractivity contribution < 1.29 is 0 Å². The maximum atomic E-state index is 2.97. The number of hydrogen-bond donors (Lipinski definition) is 0. The zero-order valence-electron chi connectivity index (χ0n) is 32.3. The average Bonchev–Trinajstić information content (AvgIpc) is 3.46. The molecular weight excluding hydrogens is 621 g/mol.